The van der Waals surface area contributed by atoms with Crippen molar-refractivity contribution in [3.63, 3.8) is 0 Å². The molecule has 1 fully saturated rings. The molecule has 0 saturated carbocycles. The molecule has 0 radical (unpaired) electrons. The van der Waals surface area contributed by atoms with Gasteiger partial charge in [0.05, 0.1) is 0 Å². The Labute approximate surface area is 100 Å². The van der Waals surface area contributed by atoms with Gasteiger partial charge in [-0.3, -0.25) is 9.59 Å². The average Bonchev–Trinajstić information content (AvgIpc) is 2.78. The second-order valence-corrected chi connectivity index (χ2v) is 4.24. The fourth-order valence-electron chi connectivity index (χ4n) is 1.70. The van der Waals surface area contributed by atoms with Gasteiger partial charge in [0.1, 0.15) is 5.92 Å². The van der Waals surface area contributed by atoms with Gasteiger partial charge in [-0.25, -0.2) is 9.69 Å². The smallest absolute Gasteiger partial charge is 0.354 e. The Hall–Kier alpha value is -1.73. The molecule has 0 aromatic carbocycles. The molecule has 1 unspecified atom stereocenters. The second kappa shape index (κ2) is 4.27. The molecule has 1 aromatic heterocycles. The van der Waals surface area contributed by atoms with Crippen molar-refractivity contribution >= 4 is 29.1 Å². The maximum Gasteiger partial charge on any atom is 0.354 e. The molecule has 1 aliphatic heterocycles. The number of hydrogen-bond donors (Lipinski definition) is 1. The van der Waals surface area contributed by atoms with Gasteiger partial charge in [-0.05, 0) is 22.4 Å². The Morgan fingerprint density at radius 3 is 2.59 bits per heavy atom. The van der Waals surface area contributed by atoms with Gasteiger partial charge >= 0.3 is 5.97 Å². The summed E-state index contributed by atoms with van der Waals surface area (Å²) in [5, 5.41) is 12.2. The first kappa shape index (κ1) is 11.7. The van der Waals surface area contributed by atoms with Gasteiger partial charge in [0.25, 0.3) is 0 Å². The Bertz CT molecular complexity index is 453. The number of hydrogen-bond acceptors (Lipinski definition) is 5. The van der Waals surface area contributed by atoms with Gasteiger partial charge < -0.3 is 9.84 Å². The van der Waals surface area contributed by atoms with Gasteiger partial charge in [0, 0.05) is 7.11 Å². The molecule has 0 spiro atoms. The van der Waals surface area contributed by atoms with Crippen LogP contribution in [0.1, 0.15) is 11.5 Å². The highest BCUT2D eigenvalue weighted by molar-refractivity contribution is 7.08. The van der Waals surface area contributed by atoms with Crippen molar-refractivity contribution in [3.8, 4) is 0 Å². The first-order valence-corrected chi connectivity index (χ1v) is 5.66. The summed E-state index contributed by atoms with van der Waals surface area (Å²) >= 11 is 1.37. The number of carboxylic acid groups (broad SMARTS) is 1. The van der Waals surface area contributed by atoms with Crippen LogP contribution in [0, 0.1) is 0 Å². The summed E-state index contributed by atoms with van der Waals surface area (Å²) in [5.74, 6) is -3.32. The lowest BCUT2D eigenvalue weighted by Gasteiger charge is -2.38. The van der Waals surface area contributed by atoms with E-state index in [4.69, 9.17) is 5.11 Å². The first-order valence-electron chi connectivity index (χ1n) is 4.72. The standard InChI is InChI=1S/C10H9NO5S/c1-16-9(10(14)15)11-7(12)6(8(11)13)5-2-3-17-4-5/h2-4,6,9H,1H3,(H,14,15). The fourth-order valence-corrected chi connectivity index (χ4v) is 2.38. The molecule has 1 N–H and O–H groups in total. The van der Waals surface area contributed by atoms with Gasteiger partial charge in [-0.1, -0.05) is 0 Å². The number of ether oxygens (including phenoxy) is 1. The minimum Gasteiger partial charge on any atom is -0.478 e. The van der Waals surface area contributed by atoms with Crippen LogP contribution in [0.4, 0.5) is 0 Å². The van der Waals surface area contributed by atoms with E-state index < -0.39 is 29.9 Å². The largest absolute Gasteiger partial charge is 0.478 e. The minimum absolute atomic E-state index is 0.539. The Morgan fingerprint density at radius 1 is 1.53 bits per heavy atom. The lowest BCUT2D eigenvalue weighted by atomic mass is 9.91. The number of thiophene rings is 1. The molecule has 2 heterocycles. The molecule has 1 atom stereocenters. The van der Waals surface area contributed by atoms with Crippen LogP contribution in [0.3, 0.4) is 0 Å². The van der Waals surface area contributed by atoms with E-state index in [1.54, 1.807) is 16.8 Å². The number of carboxylic acids is 1. The van der Waals surface area contributed by atoms with Crippen molar-refractivity contribution in [2.45, 2.75) is 12.1 Å². The molecule has 1 aliphatic rings. The van der Waals surface area contributed by atoms with Crippen molar-refractivity contribution in [2.24, 2.45) is 0 Å². The van der Waals surface area contributed by atoms with E-state index in [0.29, 0.717) is 10.5 Å². The van der Waals surface area contributed by atoms with Crippen molar-refractivity contribution in [3.05, 3.63) is 22.4 Å². The lowest BCUT2D eigenvalue weighted by molar-refractivity contribution is -0.186. The molecular weight excluding hydrogens is 246 g/mol. The van der Waals surface area contributed by atoms with Crippen LogP contribution < -0.4 is 0 Å². The average molecular weight is 255 g/mol. The molecule has 2 rings (SSSR count). The van der Waals surface area contributed by atoms with Gasteiger partial charge in [-0.2, -0.15) is 11.3 Å². The van der Waals surface area contributed by atoms with Crippen LogP contribution >= 0.6 is 11.3 Å². The zero-order valence-electron chi connectivity index (χ0n) is 8.82. The third-order valence-electron chi connectivity index (χ3n) is 2.51. The van der Waals surface area contributed by atoms with E-state index in [9.17, 15) is 14.4 Å². The number of methoxy groups -OCH3 is 1. The predicted octanol–water partition coefficient (Wildman–Crippen LogP) is 0.258. The number of imide groups is 1. The van der Waals surface area contributed by atoms with E-state index in [-0.39, 0.29) is 0 Å². The number of β-lactam (4-membered cyclic amide) rings is 2. The predicted molar refractivity (Wildman–Crippen MR) is 57.3 cm³/mol. The Kier molecular flexibility index (Phi) is 2.95. The van der Waals surface area contributed by atoms with Crippen LogP contribution in [0.5, 0.6) is 0 Å². The van der Waals surface area contributed by atoms with Gasteiger partial charge in [0.2, 0.25) is 18.0 Å². The number of amides is 2. The Morgan fingerprint density at radius 2 is 2.18 bits per heavy atom. The van der Waals surface area contributed by atoms with E-state index >= 15 is 0 Å². The van der Waals surface area contributed by atoms with Crippen molar-refractivity contribution in [1.82, 2.24) is 4.90 Å². The quantitative estimate of drug-likeness (QED) is 0.616. The highest BCUT2D eigenvalue weighted by Gasteiger charge is 2.53. The highest BCUT2D eigenvalue weighted by Crippen LogP contribution is 2.33. The topological polar surface area (TPSA) is 83.9 Å². The van der Waals surface area contributed by atoms with Gasteiger partial charge in [-0.15, -0.1) is 0 Å². The lowest BCUT2D eigenvalue weighted by Crippen LogP contribution is -2.62. The summed E-state index contributed by atoms with van der Waals surface area (Å²) in [6, 6.07) is 1.67. The van der Waals surface area contributed by atoms with Crippen molar-refractivity contribution < 1.29 is 24.2 Å². The number of carbonyl (C=O) groups is 3. The summed E-state index contributed by atoms with van der Waals surface area (Å²) in [4.78, 5) is 34.9. The van der Waals surface area contributed by atoms with E-state index in [1.165, 1.54) is 11.3 Å². The van der Waals surface area contributed by atoms with Crippen LogP contribution in [-0.4, -0.2) is 41.1 Å². The monoisotopic (exact) mass is 255 g/mol. The van der Waals surface area contributed by atoms with Crippen LogP contribution in [0.25, 0.3) is 0 Å². The van der Waals surface area contributed by atoms with E-state index in [1.807, 2.05) is 0 Å². The third kappa shape index (κ3) is 1.73. The zero-order chi connectivity index (χ0) is 12.6. The maximum atomic E-state index is 11.7. The zero-order valence-corrected chi connectivity index (χ0v) is 9.64. The van der Waals surface area contributed by atoms with Crippen molar-refractivity contribution in [2.75, 3.05) is 7.11 Å². The van der Waals surface area contributed by atoms with Crippen LogP contribution in [-0.2, 0) is 19.1 Å². The summed E-state index contributed by atoms with van der Waals surface area (Å²) in [5.41, 5.74) is 0.599. The number of carbonyl (C=O) groups excluding carboxylic acids is 2. The maximum absolute atomic E-state index is 11.7. The van der Waals surface area contributed by atoms with Crippen LogP contribution in [0.2, 0.25) is 0 Å². The molecule has 1 saturated heterocycles. The summed E-state index contributed by atoms with van der Waals surface area (Å²) in [6.45, 7) is 0. The minimum atomic E-state index is -1.54. The van der Waals surface area contributed by atoms with Crippen molar-refractivity contribution in [1.29, 1.82) is 0 Å². The second-order valence-electron chi connectivity index (χ2n) is 3.46. The van der Waals surface area contributed by atoms with Gasteiger partial charge in [0.15, 0.2) is 0 Å². The molecule has 17 heavy (non-hydrogen) atoms. The highest BCUT2D eigenvalue weighted by atomic mass is 32.1. The number of aliphatic carboxylic acids is 1. The summed E-state index contributed by atoms with van der Waals surface area (Å²) < 4.78 is 4.61. The fraction of sp³-hybridized carbons (Fsp3) is 0.300. The molecule has 7 heteroatoms. The third-order valence-corrected chi connectivity index (χ3v) is 3.22. The normalized spacial score (nSPS) is 18.1. The molecular formula is C10H9NO5S. The number of likely N-dealkylation sites (tertiary alicyclic amines) is 1. The molecule has 1 aromatic rings. The summed E-state index contributed by atoms with van der Waals surface area (Å²) in [6.07, 6.45) is -1.54. The number of rotatable bonds is 4. The molecule has 0 aliphatic carbocycles. The molecule has 0 bridgehead atoms. The first-order chi connectivity index (χ1) is 8.07. The Balaban J connectivity index is 2.19. The van der Waals surface area contributed by atoms with Crippen LogP contribution in [0.15, 0.2) is 16.8 Å². The molecule has 2 amide bonds. The SMILES string of the molecule is COC(C(=O)O)N1C(=O)C(c2ccsc2)C1=O. The molecule has 90 valence electrons. The van der Waals surface area contributed by atoms with E-state index in [2.05, 4.69) is 4.74 Å². The van der Waals surface area contributed by atoms with E-state index in [0.717, 1.165) is 7.11 Å². The summed E-state index contributed by atoms with van der Waals surface area (Å²) in [7, 11) is 1.14. The number of nitrogens with zero attached hydrogens (tertiary/aromatic N) is 1. The molecule has 6 nitrogen and oxygen atoms in total.